The standard InChI is InChI=1S/C18H26N4O2/c1-7-14-15(8-2)21-22-18(20-14)19-12(4)13-10-17(24-6)16(23-5)9-11(13)3/h9-10,12H,7-8H2,1-6H3,(H,19,20,22). The summed E-state index contributed by atoms with van der Waals surface area (Å²) in [7, 11) is 3.28. The lowest BCUT2D eigenvalue weighted by molar-refractivity contribution is 0.354. The Morgan fingerprint density at radius 1 is 1.00 bits per heavy atom. The Morgan fingerprint density at radius 2 is 1.62 bits per heavy atom. The predicted octanol–water partition coefficient (Wildman–Crippen LogP) is 3.50. The van der Waals surface area contributed by atoms with Crippen molar-refractivity contribution in [3.05, 3.63) is 34.6 Å². The van der Waals surface area contributed by atoms with E-state index in [9.17, 15) is 0 Å². The molecule has 0 amide bonds. The maximum absolute atomic E-state index is 5.40. The minimum atomic E-state index is 0.0174. The molecule has 1 aromatic heterocycles. The van der Waals surface area contributed by atoms with Crippen LogP contribution in [0.15, 0.2) is 12.1 Å². The molecule has 0 aliphatic heterocycles. The summed E-state index contributed by atoms with van der Waals surface area (Å²) in [5.41, 5.74) is 4.17. The van der Waals surface area contributed by atoms with Gasteiger partial charge in [-0.2, -0.15) is 5.10 Å². The SMILES string of the molecule is CCc1nnc(NC(C)c2cc(OC)c(OC)cc2C)nc1CC. The number of aryl methyl sites for hydroxylation is 3. The molecule has 0 saturated carbocycles. The monoisotopic (exact) mass is 330 g/mol. The van der Waals surface area contributed by atoms with Crippen molar-refractivity contribution in [3.63, 3.8) is 0 Å². The van der Waals surface area contributed by atoms with Gasteiger partial charge in [0.25, 0.3) is 0 Å². The predicted molar refractivity (Wildman–Crippen MR) is 94.9 cm³/mol. The normalized spacial score (nSPS) is 11.9. The molecule has 1 aromatic carbocycles. The average molecular weight is 330 g/mol. The van der Waals surface area contributed by atoms with Crippen LogP contribution in [0.25, 0.3) is 0 Å². The van der Waals surface area contributed by atoms with Crippen LogP contribution < -0.4 is 14.8 Å². The Morgan fingerprint density at radius 3 is 2.21 bits per heavy atom. The number of nitrogens with zero attached hydrogens (tertiary/aromatic N) is 3. The van der Waals surface area contributed by atoms with Gasteiger partial charge in [0.15, 0.2) is 11.5 Å². The van der Waals surface area contributed by atoms with E-state index >= 15 is 0 Å². The van der Waals surface area contributed by atoms with Crippen LogP contribution in [0.1, 0.15) is 49.3 Å². The number of hydrogen-bond acceptors (Lipinski definition) is 6. The smallest absolute Gasteiger partial charge is 0.243 e. The van der Waals surface area contributed by atoms with E-state index in [4.69, 9.17) is 9.47 Å². The highest BCUT2D eigenvalue weighted by molar-refractivity contribution is 5.49. The van der Waals surface area contributed by atoms with Crippen molar-refractivity contribution < 1.29 is 9.47 Å². The van der Waals surface area contributed by atoms with Gasteiger partial charge in [0.2, 0.25) is 5.95 Å². The second kappa shape index (κ2) is 7.95. The first-order chi connectivity index (χ1) is 11.5. The van der Waals surface area contributed by atoms with Gasteiger partial charge in [0.1, 0.15) is 0 Å². The van der Waals surface area contributed by atoms with E-state index in [1.54, 1.807) is 14.2 Å². The number of rotatable bonds is 7. The molecule has 0 spiro atoms. The van der Waals surface area contributed by atoms with Crippen LogP contribution in [0.4, 0.5) is 5.95 Å². The fourth-order valence-electron chi connectivity index (χ4n) is 2.73. The van der Waals surface area contributed by atoms with Gasteiger partial charge >= 0.3 is 0 Å². The first-order valence-electron chi connectivity index (χ1n) is 8.25. The fourth-order valence-corrected chi connectivity index (χ4v) is 2.73. The zero-order chi connectivity index (χ0) is 17.7. The largest absolute Gasteiger partial charge is 0.493 e. The second-order valence-corrected chi connectivity index (χ2v) is 5.67. The molecule has 2 rings (SSSR count). The third-order valence-corrected chi connectivity index (χ3v) is 4.09. The molecule has 6 nitrogen and oxygen atoms in total. The van der Waals surface area contributed by atoms with E-state index in [-0.39, 0.29) is 6.04 Å². The first kappa shape index (κ1) is 18.0. The second-order valence-electron chi connectivity index (χ2n) is 5.67. The van der Waals surface area contributed by atoms with Gasteiger partial charge < -0.3 is 14.8 Å². The van der Waals surface area contributed by atoms with Crippen molar-refractivity contribution in [3.8, 4) is 11.5 Å². The maximum atomic E-state index is 5.40. The first-order valence-corrected chi connectivity index (χ1v) is 8.25. The third kappa shape index (κ3) is 3.75. The molecule has 1 unspecified atom stereocenters. The van der Waals surface area contributed by atoms with Crippen molar-refractivity contribution in [1.82, 2.24) is 15.2 Å². The molecule has 0 saturated heterocycles. The van der Waals surface area contributed by atoms with Crippen LogP contribution in [-0.4, -0.2) is 29.4 Å². The zero-order valence-electron chi connectivity index (χ0n) is 15.3. The molecule has 130 valence electrons. The molecule has 0 aliphatic carbocycles. The molecule has 0 bridgehead atoms. The molecule has 0 aliphatic rings. The Hall–Kier alpha value is -2.37. The maximum Gasteiger partial charge on any atom is 0.243 e. The van der Waals surface area contributed by atoms with Crippen molar-refractivity contribution >= 4 is 5.95 Å². The van der Waals surface area contributed by atoms with E-state index in [1.807, 2.05) is 19.1 Å². The lowest BCUT2D eigenvalue weighted by Gasteiger charge is -2.19. The third-order valence-electron chi connectivity index (χ3n) is 4.09. The van der Waals surface area contributed by atoms with Crippen molar-refractivity contribution in [2.45, 2.75) is 46.6 Å². The van der Waals surface area contributed by atoms with Gasteiger partial charge in [-0.15, -0.1) is 5.10 Å². The summed E-state index contributed by atoms with van der Waals surface area (Å²) in [5, 5.41) is 11.8. The highest BCUT2D eigenvalue weighted by Crippen LogP contribution is 2.33. The van der Waals surface area contributed by atoms with Crippen LogP contribution in [0, 0.1) is 6.92 Å². The molecular weight excluding hydrogens is 304 g/mol. The van der Waals surface area contributed by atoms with Crippen molar-refractivity contribution in [1.29, 1.82) is 0 Å². The van der Waals surface area contributed by atoms with Gasteiger partial charge in [0.05, 0.1) is 31.6 Å². The number of nitrogens with one attached hydrogen (secondary N) is 1. The van der Waals surface area contributed by atoms with Gasteiger partial charge in [-0.25, -0.2) is 4.98 Å². The zero-order valence-corrected chi connectivity index (χ0v) is 15.3. The Labute approximate surface area is 143 Å². The Balaban J connectivity index is 2.28. The Bertz CT molecular complexity index is 704. The number of methoxy groups -OCH3 is 2. The lowest BCUT2D eigenvalue weighted by Crippen LogP contribution is -2.14. The molecule has 1 N–H and O–H groups in total. The minimum Gasteiger partial charge on any atom is -0.493 e. The molecule has 0 fully saturated rings. The lowest BCUT2D eigenvalue weighted by atomic mass is 10.0. The van der Waals surface area contributed by atoms with E-state index in [0.717, 1.165) is 41.1 Å². The molecular formula is C18H26N4O2. The van der Waals surface area contributed by atoms with E-state index in [1.165, 1.54) is 0 Å². The van der Waals surface area contributed by atoms with E-state index in [2.05, 4.69) is 41.3 Å². The summed E-state index contributed by atoms with van der Waals surface area (Å²) in [6.07, 6.45) is 1.69. The topological polar surface area (TPSA) is 69.2 Å². The van der Waals surface area contributed by atoms with Gasteiger partial charge in [-0.05, 0) is 49.9 Å². The number of hydrogen-bond donors (Lipinski definition) is 1. The van der Waals surface area contributed by atoms with Crippen LogP contribution in [0.5, 0.6) is 11.5 Å². The van der Waals surface area contributed by atoms with Gasteiger partial charge in [-0.3, -0.25) is 0 Å². The summed E-state index contributed by atoms with van der Waals surface area (Å²) in [6.45, 7) is 8.26. The van der Waals surface area contributed by atoms with Crippen LogP contribution >= 0.6 is 0 Å². The van der Waals surface area contributed by atoms with Gasteiger partial charge in [0, 0.05) is 0 Å². The highest BCUT2D eigenvalue weighted by Gasteiger charge is 2.15. The van der Waals surface area contributed by atoms with Crippen LogP contribution in [-0.2, 0) is 12.8 Å². The number of aromatic nitrogens is 3. The van der Waals surface area contributed by atoms with Crippen LogP contribution in [0.3, 0.4) is 0 Å². The molecule has 2 aromatic rings. The quantitative estimate of drug-likeness (QED) is 0.838. The number of ether oxygens (including phenoxy) is 2. The molecule has 1 atom stereocenters. The summed E-state index contributed by atoms with van der Waals surface area (Å²) < 4.78 is 10.7. The number of anilines is 1. The molecule has 0 radical (unpaired) electrons. The fraction of sp³-hybridized carbons (Fsp3) is 0.500. The van der Waals surface area contributed by atoms with E-state index in [0.29, 0.717) is 11.7 Å². The van der Waals surface area contributed by atoms with E-state index < -0.39 is 0 Å². The molecule has 24 heavy (non-hydrogen) atoms. The van der Waals surface area contributed by atoms with Gasteiger partial charge in [-0.1, -0.05) is 13.8 Å². The highest BCUT2D eigenvalue weighted by atomic mass is 16.5. The van der Waals surface area contributed by atoms with Crippen molar-refractivity contribution in [2.75, 3.05) is 19.5 Å². The minimum absolute atomic E-state index is 0.0174. The van der Waals surface area contributed by atoms with Crippen LogP contribution in [0.2, 0.25) is 0 Å². The average Bonchev–Trinajstić information content (AvgIpc) is 2.60. The Kier molecular flexibility index (Phi) is 5.95. The number of benzene rings is 1. The summed E-state index contributed by atoms with van der Waals surface area (Å²) >= 11 is 0. The van der Waals surface area contributed by atoms with Crippen molar-refractivity contribution in [2.24, 2.45) is 0 Å². The summed E-state index contributed by atoms with van der Waals surface area (Å²) in [6, 6.07) is 3.98. The molecule has 1 heterocycles. The molecule has 6 heteroatoms. The summed E-state index contributed by atoms with van der Waals surface area (Å²) in [4.78, 5) is 4.59. The summed E-state index contributed by atoms with van der Waals surface area (Å²) in [5.74, 6) is 1.98.